The predicted octanol–water partition coefficient (Wildman–Crippen LogP) is 2.35. The van der Waals surface area contributed by atoms with Crippen LogP contribution in [0, 0.1) is 19.8 Å². The molecule has 1 amide bonds. The highest BCUT2D eigenvalue weighted by atomic mass is 32.1. The molecule has 7 heteroatoms. The lowest BCUT2D eigenvalue weighted by atomic mass is 10.0. The van der Waals surface area contributed by atoms with Crippen LogP contribution in [-0.2, 0) is 4.74 Å². The summed E-state index contributed by atoms with van der Waals surface area (Å²) in [6.07, 6.45) is 0.817. The Hall–Kier alpha value is -1.73. The van der Waals surface area contributed by atoms with Crippen molar-refractivity contribution in [1.29, 1.82) is 0 Å². The molecule has 0 N–H and O–H groups in total. The molecule has 2 fully saturated rings. The number of thiophene rings is 1. The molecule has 116 valence electrons. The molecule has 3 atom stereocenters. The van der Waals surface area contributed by atoms with Gasteiger partial charge in [-0.15, -0.1) is 11.3 Å². The van der Waals surface area contributed by atoms with Crippen molar-refractivity contribution >= 4 is 17.2 Å². The second-order valence-electron chi connectivity index (χ2n) is 5.97. The third-order valence-electron chi connectivity index (χ3n) is 4.41. The van der Waals surface area contributed by atoms with E-state index in [9.17, 15) is 4.79 Å². The van der Waals surface area contributed by atoms with Crippen molar-refractivity contribution in [2.75, 3.05) is 13.1 Å². The van der Waals surface area contributed by atoms with Gasteiger partial charge < -0.3 is 14.2 Å². The highest BCUT2D eigenvalue weighted by Gasteiger charge is 2.45. The van der Waals surface area contributed by atoms with Gasteiger partial charge in [0.05, 0.1) is 11.0 Å². The van der Waals surface area contributed by atoms with Gasteiger partial charge in [-0.2, -0.15) is 4.98 Å². The monoisotopic (exact) mass is 319 g/mol. The molecule has 2 aliphatic rings. The molecule has 22 heavy (non-hydrogen) atoms. The number of carbonyl (C=O) groups excluding carboxylic acids is 1. The van der Waals surface area contributed by atoms with Crippen molar-refractivity contribution in [2.24, 2.45) is 5.92 Å². The van der Waals surface area contributed by atoms with Crippen LogP contribution in [0.1, 0.15) is 39.5 Å². The summed E-state index contributed by atoms with van der Waals surface area (Å²) in [4.78, 5) is 19.5. The van der Waals surface area contributed by atoms with Crippen molar-refractivity contribution in [2.45, 2.75) is 32.5 Å². The molecule has 0 unspecified atom stereocenters. The van der Waals surface area contributed by atoms with E-state index in [-0.39, 0.29) is 18.1 Å². The summed E-state index contributed by atoms with van der Waals surface area (Å²) in [6, 6.07) is 1.99. The molecule has 0 radical (unpaired) electrons. The van der Waals surface area contributed by atoms with Crippen molar-refractivity contribution in [3.05, 3.63) is 33.6 Å². The number of amides is 1. The van der Waals surface area contributed by atoms with Crippen LogP contribution in [0.15, 0.2) is 16.0 Å². The van der Waals surface area contributed by atoms with E-state index in [0.29, 0.717) is 24.2 Å². The molecule has 2 aromatic rings. The van der Waals surface area contributed by atoms with E-state index >= 15 is 0 Å². The normalized spacial score (nSPS) is 27.4. The molecule has 0 bridgehead atoms. The second-order valence-corrected chi connectivity index (χ2v) is 6.89. The fraction of sp³-hybridized carbons (Fsp3) is 0.533. The van der Waals surface area contributed by atoms with Gasteiger partial charge in [-0.1, -0.05) is 5.16 Å². The van der Waals surface area contributed by atoms with E-state index in [2.05, 4.69) is 10.1 Å². The molecule has 0 aromatic carbocycles. The Morgan fingerprint density at radius 3 is 2.91 bits per heavy atom. The standard InChI is InChI=1S/C15H17N3O3S/c1-8-3-4-22-13(8)15(19)18-6-10-5-11(20-12(10)7-18)14-16-9(2)21-17-14/h3-4,10-12H,5-7H2,1-2H3/t10-,11-,12+/m0/s1. The van der Waals surface area contributed by atoms with E-state index in [1.54, 1.807) is 6.92 Å². The van der Waals surface area contributed by atoms with Crippen molar-refractivity contribution in [3.8, 4) is 0 Å². The van der Waals surface area contributed by atoms with Gasteiger partial charge >= 0.3 is 0 Å². The minimum absolute atomic E-state index is 0.0769. The van der Waals surface area contributed by atoms with Crippen LogP contribution < -0.4 is 0 Å². The quantitative estimate of drug-likeness (QED) is 0.850. The first-order valence-electron chi connectivity index (χ1n) is 7.41. The zero-order chi connectivity index (χ0) is 15.3. The summed E-state index contributed by atoms with van der Waals surface area (Å²) in [5, 5.41) is 5.90. The lowest BCUT2D eigenvalue weighted by Crippen LogP contribution is -2.30. The van der Waals surface area contributed by atoms with Crippen LogP contribution >= 0.6 is 11.3 Å². The summed E-state index contributed by atoms with van der Waals surface area (Å²) in [6.45, 7) is 5.14. The number of aromatic nitrogens is 2. The number of ether oxygens (including phenoxy) is 1. The van der Waals surface area contributed by atoms with Crippen LogP contribution in [-0.4, -0.2) is 40.1 Å². The first-order valence-corrected chi connectivity index (χ1v) is 8.29. The Morgan fingerprint density at radius 1 is 1.41 bits per heavy atom. The average Bonchev–Trinajstić information content (AvgIpc) is 3.19. The van der Waals surface area contributed by atoms with Crippen LogP contribution in [0.25, 0.3) is 0 Å². The van der Waals surface area contributed by atoms with Gasteiger partial charge in [-0.25, -0.2) is 0 Å². The maximum Gasteiger partial charge on any atom is 0.264 e. The minimum Gasteiger partial charge on any atom is -0.365 e. The topological polar surface area (TPSA) is 68.5 Å². The highest BCUT2D eigenvalue weighted by molar-refractivity contribution is 7.12. The number of hydrogen-bond donors (Lipinski definition) is 0. The molecule has 0 spiro atoms. The van der Waals surface area contributed by atoms with Crippen molar-refractivity contribution in [3.63, 3.8) is 0 Å². The molecule has 6 nitrogen and oxygen atoms in total. The third kappa shape index (κ3) is 2.24. The molecular formula is C15H17N3O3S. The minimum atomic E-state index is -0.104. The van der Waals surface area contributed by atoms with Crippen LogP contribution in [0.5, 0.6) is 0 Å². The highest BCUT2D eigenvalue weighted by Crippen LogP contribution is 2.40. The van der Waals surface area contributed by atoms with Crippen LogP contribution in [0.2, 0.25) is 0 Å². The van der Waals surface area contributed by atoms with Gasteiger partial charge in [0.15, 0.2) is 0 Å². The largest absolute Gasteiger partial charge is 0.365 e. The predicted molar refractivity (Wildman–Crippen MR) is 79.7 cm³/mol. The molecule has 0 aliphatic carbocycles. The van der Waals surface area contributed by atoms with Gasteiger partial charge in [-0.3, -0.25) is 4.79 Å². The number of aryl methyl sites for hydroxylation is 2. The molecule has 2 saturated heterocycles. The zero-order valence-electron chi connectivity index (χ0n) is 12.5. The Bertz CT molecular complexity index is 696. The number of carbonyl (C=O) groups is 1. The molecule has 2 aromatic heterocycles. The molecule has 4 rings (SSSR count). The summed E-state index contributed by atoms with van der Waals surface area (Å²) >= 11 is 1.51. The maximum absolute atomic E-state index is 12.6. The molecule has 0 saturated carbocycles. The average molecular weight is 319 g/mol. The Morgan fingerprint density at radius 2 is 2.27 bits per heavy atom. The Labute approximate surface area is 132 Å². The van der Waals surface area contributed by atoms with E-state index in [1.165, 1.54) is 11.3 Å². The number of likely N-dealkylation sites (tertiary alicyclic amines) is 1. The van der Waals surface area contributed by atoms with Gasteiger partial charge in [0.1, 0.15) is 6.10 Å². The Balaban J connectivity index is 1.43. The third-order valence-corrected chi connectivity index (χ3v) is 5.42. The smallest absolute Gasteiger partial charge is 0.264 e. The number of hydrogen-bond acceptors (Lipinski definition) is 6. The lowest BCUT2D eigenvalue weighted by molar-refractivity contribution is 0.0305. The van der Waals surface area contributed by atoms with Crippen molar-refractivity contribution in [1.82, 2.24) is 15.0 Å². The molecule has 2 aliphatic heterocycles. The molecule has 4 heterocycles. The second kappa shape index (κ2) is 5.17. The van der Waals surface area contributed by atoms with Crippen LogP contribution in [0.3, 0.4) is 0 Å². The van der Waals surface area contributed by atoms with Gasteiger partial charge in [0, 0.05) is 25.9 Å². The van der Waals surface area contributed by atoms with Gasteiger partial charge in [-0.05, 0) is 30.4 Å². The molecular weight excluding hydrogens is 302 g/mol. The maximum atomic E-state index is 12.6. The van der Waals surface area contributed by atoms with E-state index < -0.39 is 0 Å². The van der Waals surface area contributed by atoms with Crippen LogP contribution in [0.4, 0.5) is 0 Å². The number of rotatable bonds is 2. The van der Waals surface area contributed by atoms with E-state index in [1.807, 2.05) is 23.3 Å². The van der Waals surface area contributed by atoms with Gasteiger partial charge in [0.2, 0.25) is 11.7 Å². The fourth-order valence-corrected chi connectivity index (χ4v) is 4.17. The SMILES string of the molecule is Cc1nc([C@@H]2C[C@H]3CN(C(=O)c4sccc4C)C[C@H]3O2)no1. The zero-order valence-corrected chi connectivity index (χ0v) is 13.3. The Kier molecular flexibility index (Phi) is 3.27. The first kappa shape index (κ1) is 13.9. The first-order chi connectivity index (χ1) is 10.6. The summed E-state index contributed by atoms with van der Waals surface area (Å²) in [5.41, 5.74) is 1.05. The number of fused-ring (bicyclic) bond motifs is 1. The fourth-order valence-electron chi connectivity index (χ4n) is 3.28. The number of nitrogens with zero attached hydrogens (tertiary/aromatic N) is 3. The van der Waals surface area contributed by atoms with E-state index in [0.717, 1.165) is 23.4 Å². The lowest BCUT2D eigenvalue weighted by Gasteiger charge is -2.18. The summed E-state index contributed by atoms with van der Waals surface area (Å²) in [5.74, 6) is 1.66. The van der Waals surface area contributed by atoms with E-state index in [4.69, 9.17) is 9.26 Å². The summed E-state index contributed by atoms with van der Waals surface area (Å²) in [7, 11) is 0. The summed E-state index contributed by atoms with van der Waals surface area (Å²) < 4.78 is 11.1. The van der Waals surface area contributed by atoms with Crippen molar-refractivity contribution < 1.29 is 14.1 Å². The van der Waals surface area contributed by atoms with Gasteiger partial charge in [0.25, 0.3) is 5.91 Å².